The Morgan fingerprint density at radius 1 is 1.10 bits per heavy atom. The van der Waals surface area contributed by atoms with Crippen LogP contribution in [0.2, 0.25) is 0 Å². The second-order valence-electron chi connectivity index (χ2n) is 12.1. The molecule has 4 nitrogen and oxygen atoms in total. The summed E-state index contributed by atoms with van der Waals surface area (Å²) in [5.41, 5.74) is 7.07. The van der Waals surface area contributed by atoms with Crippen molar-refractivity contribution < 1.29 is 4.39 Å². The Balaban J connectivity index is 1.45. The van der Waals surface area contributed by atoms with Crippen LogP contribution in [-0.4, -0.2) is 33.6 Å². The molecule has 208 valence electrons. The van der Waals surface area contributed by atoms with Gasteiger partial charge in [0.2, 0.25) is 0 Å². The van der Waals surface area contributed by atoms with E-state index < -0.39 is 0 Å². The summed E-state index contributed by atoms with van der Waals surface area (Å²) in [6.45, 7) is 17.5. The summed E-state index contributed by atoms with van der Waals surface area (Å²) in [4.78, 5) is 11.7. The number of fused-ring (bicyclic) bond motifs is 1. The van der Waals surface area contributed by atoms with E-state index in [4.69, 9.17) is 4.99 Å². The highest BCUT2D eigenvalue weighted by Crippen LogP contribution is 2.38. The second-order valence-corrected chi connectivity index (χ2v) is 12.1. The maximum Gasteiger partial charge on any atom is 0.147 e. The van der Waals surface area contributed by atoms with Gasteiger partial charge >= 0.3 is 0 Å². The van der Waals surface area contributed by atoms with E-state index in [-0.39, 0.29) is 5.83 Å². The van der Waals surface area contributed by atoms with Gasteiger partial charge in [0.15, 0.2) is 0 Å². The fourth-order valence-corrected chi connectivity index (χ4v) is 5.77. The molecule has 0 radical (unpaired) electrons. The summed E-state index contributed by atoms with van der Waals surface area (Å²) >= 11 is 0. The molecule has 1 aliphatic carbocycles. The lowest BCUT2D eigenvalue weighted by Crippen LogP contribution is -2.35. The van der Waals surface area contributed by atoms with Gasteiger partial charge in [-0.05, 0) is 99.5 Å². The van der Waals surface area contributed by atoms with Gasteiger partial charge in [-0.1, -0.05) is 39.8 Å². The smallest absolute Gasteiger partial charge is 0.147 e. The summed E-state index contributed by atoms with van der Waals surface area (Å²) < 4.78 is 15.1. The van der Waals surface area contributed by atoms with Crippen LogP contribution in [0.3, 0.4) is 0 Å². The van der Waals surface area contributed by atoms with Crippen molar-refractivity contribution in [2.45, 2.75) is 79.6 Å². The summed E-state index contributed by atoms with van der Waals surface area (Å²) in [5.74, 6) is 2.57. The van der Waals surface area contributed by atoms with Crippen molar-refractivity contribution in [3.8, 4) is 0 Å². The van der Waals surface area contributed by atoms with E-state index >= 15 is 4.39 Å². The Hall–Kier alpha value is -3.08. The normalized spacial score (nSPS) is 27.0. The molecule has 5 aliphatic rings. The average Bonchev–Trinajstić information content (AvgIpc) is 2.89. The molecule has 1 saturated heterocycles. The Morgan fingerprint density at radius 2 is 1.87 bits per heavy atom. The standard InChI is InChI=1S/C34H45FN4/c1-7-23(2)26(5)20-38-21-29(18-31(35)27(38)6)32-19-33(28-11-8-12-28)39-22-30(13-14-34(39)36-32)37-16-9-10-24(3)25(4)15-17-37/h13-14,18-25H,6-12,15-17H2,1-5H3/b26-20-. The highest BCUT2D eigenvalue weighted by atomic mass is 19.1. The third-order valence-corrected chi connectivity index (χ3v) is 9.45. The second kappa shape index (κ2) is 11.6. The molecular weight excluding hydrogens is 483 g/mol. The molecule has 3 atom stereocenters. The molecule has 2 fully saturated rings. The van der Waals surface area contributed by atoms with Crippen LogP contribution < -0.4 is 0 Å². The highest BCUT2D eigenvalue weighted by molar-refractivity contribution is 5.99. The lowest BCUT2D eigenvalue weighted by atomic mass is 9.87. The summed E-state index contributed by atoms with van der Waals surface area (Å²) in [6.07, 6.45) is 22.6. The molecule has 0 aromatic carbocycles. The molecule has 0 spiro atoms. The SMILES string of the molecule is C=C1C(F)=CC(C2=CC(=C3CCC3)N3C=C(N4CCCC(C)C(C)CC4)C=CC3=N2)=CN1/C=C(/C)C(C)CC. The van der Waals surface area contributed by atoms with Crippen LogP contribution in [0.5, 0.6) is 0 Å². The van der Waals surface area contributed by atoms with Gasteiger partial charge in [0, 0.05) is 43.0 Å². The number of rotatable bonds is 5. The predicted molar refractivity (Wildman–Crippen MR) is 161 cm³/mol. The molecule has 3 unspecified atom stereocenters. The number of aliphatic imine (C=N–C) groups is 1. The highest BCUT2D eigenvalue weighted by Gasteiger charge is 2.29. The van der Waals surface area contributed by atoms with E-state index in [9.17, 15) is 0 Å². The Labute approximate surface area is 235 Å². The summed E-state index contributed by atoms with van der Waals surface area (Å²) in [7, 11) is 0. The summed E-state index contributed by atoms with van der Waals surface area (Å²) in [6, 6.07) is 0. The lowest BCUT2D eigenvalue weighted by Gasteiger charge is -2.37. The van der Waals surface area contributed by atoms with Crippen LogP contribution in [0.1, 0.15) is 79.6 Å². The first-order valence-corrected chi connectivity index (χ1v) is 15.0. The minimum absolute atomic E-state index is 0.316. The van der Waals surface area contributed by atoms with E-state index in [1.165, 1.54) is 48.2 Å². The fraction of sp³-hybridized carbons (Fsp3) is 0.500. The molecular formula is C34H45FN4. The fourth-order valence-electron chi connectivity index (χ4n) is 5.77. The molecule has 4 aliphatic heterocycles. The van der Waals surface area contributed by atoms with Crippen molar-refractivity contribution in [1.82, 2.24) is 14.7 Å². The molecule has 0 aromatic rings. The minimum Gasteiger partial charge on any atom is -0.370 e. The van der Waals surface area contributed by atoms with Gasteiger partial charge in [0.25, 0.3) is 0 Å². The maximum absolute atomic E-state index is 15.1. The third-order valence-electron chi connectivity index (χ3n) is 9.45. The predicted octanol–water partition coefficient (Wildman–Crippen LogP) is 8.71. The molecule has 0 bridgehead atoms. The molecule has 1 saturated carbocycles. The number of hydrogen-bond acceptors (Lipinski definition) is 4. The van der Waals surface area contributed by atoms with Gasteiger partial charge in [-0.2, -0.15) is 0 Å². The van der Waals surface area contributed by atoms with Crippen molar-refractivity contribution in [1.29, 1.82) is 0 Å². The largest absolute Gasteiger partial charge is 0.370 e. The Bertz CT molecular complexity index is 1250. The first-order valence-electron chi connectivity index (χ1n) is 15.0. The topological polar surface area (TPSA) is 22.1 Å². The van der Waals surface area contributed by atoms with E-state index in [1.54, 1.807) is 6.08 Å². The van der Waals surface area contributed by atoms with Gasteiger partial charge in [-0.15, -0.1) is 0 Å². The summed E-state index contributed by atoms with van der Waals surface area (Å²) in [5, 5.41) is 0. The van der Waals surface area contributed by atoms with Crippen molar-refractivity contribution in [2.75, 3.05) is 13.1 Å². The monoisotopic (exact) mass is 528 g/mol. The minimum atomic E-state index is -0.316. The average molecular weight is 529 g/mol. The molecule has 4 heterocycles. The van der Waals surface area contributed by atoms with Crippen molar-refractivity contribution in [2.24, 2.45) is 22.7 Å². The van der Waals surface area contributed by atoms with E-state index in [0.29, 0.717) is 11.6 Å². The molecule has 0 N–H and O–H groups in total. The van der Waals surface area contributed by atoms with Crippen LogP contribution in [0.15, 0.2) is 99.8 Å². The van der Waals surface area contributed by atoms with Gasteiger partial charge in [-0.25, -0.2) is 9.38 Å². The first kappa shape index (κ1) is 27.5. The van der Waals surface area contributed by atoms with Crippen molar-refractivity contribution in [3.05, 3.63) is 94.8 Å². The van der Waals surface area contributed by atoms with Gasteiger partial charge < -0.3 is 9.80 Å². The molecule has 39 heavy (non-hydrogen) atoms. The first-order chi connectivity index (χ1) is 18.7. The van der Waals surface area contributed by atoms with Crippen LogP contribution in [0, 0.1) is 17.8 Å². The van der Waals surface area contributed by atoms with Crippen molar-refractivity contribution >= 4 is 5.84 Å². The number of hydrogen-bond donors (Lipinski definition) is 0. The van der Waals surface area contributed by atoms with Crippen LogP contribution in [0.25, 0.3) is 0 Å². The van der Waals surface area contributed by atoms with E-state index in [0.717, 1.165) is 61.3 Å². The lowest BCUT2D eigenvalue weighted by molar-refractivity contribution is 0.229. The quantitative estimate of drug-likeness (QED) is 0.356. The van der Waals surface area contributed by atoms with E-state index in [1.807, 2.05) is 17.3 Å². The van der Waals surface area contributed by atoms with Crippen molar-refractivity contribution in [3.63, 3.8) is 0 Å². The maximum atomic E-state index is 15.1. The molecule has 0 amide bonds. The number of likely N-dealkylation sites (tertiary alicyclic amines) is 1. The zero-order valence-corrected chi connectivity index (χ0v) is 24.5. The van der Waals surface area contributed by atoms with Crippen LogP contribution in [-0.2, 0) is 0 Å². The number of nitrogens with zero attached hydrogens (tertiary/aromatic N) is 4. The van der Waals surface area contributed by atoms with Gasteiger partial charge in [0.1, 0.15) is 11.7 Å². The molecule has 0 aromatic heterocycles. The van der Waals surface area contributed by atoms with Crippen LogP contribution >= 0.6 is 0 Å². The molecule has 5 heteroatoms. The Kier molecular flexibility index (Phi) is 8.16. The number of allylic oxidation sites excluding steroid dienone is 6. The number of halogens is 1. The van der Waals surface area contributed by atoms with Gasteiger partial charge in [0.05, 0.1) is 17.1 Å². The zero-order valence-electron chi connectivity index (χ0n) is 24.5. The van der Waals surface area contributed by atoms with Gasteiger partial charge in [-0.3, -0.25) is 4.90 Å². The Morgan fingerprint density at radius 3 is 2.59 bits per heavy atom. The molecule has 5 rings (SSSR count). The third kappa shape index (κ3) is 5.78. The van der Waals surface area contributed by atoms with Crippen LogP contribution in [0.4, 0.5) is 4.39 Å². The zero-order chi connectivity index (χ0) is 27.7. The van der Waals surface area contributed by atoms with E-state index in [2.05, 4.69) is 75.4 Å². The number of amidine groups is 1.